The van der Waals surface area contributed by atoms with E-state index >= 15 is 0 Å². The first kappa shape index (κ1) is 15.9. The summed E-state index contributed by atoms with van der Waals surface area (Å²) in [6.45, 7) is 5.68. The SMILES string of the molecule is CCCC1c2cccn2CCN1C(=O)Nc1cc(Cl)ccc1C. The van der Waals surface area contributed by atoms with Crippen LogP contribution in [0.2, 0.25) is 5.02 Å². The van der Waals surface area contributed by atoms with Crippen LogP contribution in [-0.4, -0.2) is 22.0 Å². The highest BCUT2D eigenvalue weighted by Crippen LogP contribution is 2.31. The number of amides is 2. The number of fused-ring (bicyclic) bond motifs is 1. The maximum absolute atomic E-state index is 12.8. The summed E-state index contributed by atoms with van der Waals surface area (Å²) in [6, 6.07) is 9.80. The number of nitrogens with one attached hydrogen (secondary N) is 1. The lowest BCUT2D eigenvalue weighted by Crippen LogP contribution is -2.44. The van der Waals surface area contributed by atoms with Crippen molar-refractivity contribution in [3.8, 4) is 0 Å². The summed E-state index contributed by atoms with van der Waals surface area (Å²) in [7, 11) is 0. The molecule has 1 aromatic heterocycles. The Bertz CT molecular complexity index is 710. The van der Waals surface area contributed by atoms with Crippen LogP contribution in [0.15, 0.2) is 36.5 Å². The fourth-order valence-corrected chi connectivity index (χ4v) is 3.37. The minimum atomic E-state index is -0.0544. The van der Waals surface area contributed by atoms with Gasteiger partial charge in [0, 0.05) is 35.7 Å². The van der Waals surface area contributed by atoms with Crippen molar-refractivity contribution in [1.29, 1.82) is 0 Å². The van der Waals surface area contributed by atoms with E-state index < -0.39 is 0 Å². The van der Waals surface area contributed by atoms with E-state index in [9.17, 15) is 4.79 Å². The van der Waals surface area contributed by atoms with Gasteiger partial charge in [-0.3, -0.25) is 0 Å². The van der Waals surface area contributed by atoms with Crippen LogP contribution in [0.25, 0.3) is 0 Å². The predicted octanol–water partition coefficient (Wildman–Crippen LogP) is 4.84. The van der Waals surface area contributed by atoms with Crippen molar-refractivity contribution in [1.82, 2.24) is 9.47 Å². The first-order valence-electron chi connectivity index (χ1n) is 8.09. The number of aromatic nitrogens is 1. The van der Waals surface area contributed by atoms with Gasteiger partial charge in [-0.15, -0.1) is 0 Å². The fourth-order valence-electron chi connectivity index (χ4n) is 3.20. The minimum absolute atomic E-state index is 0.0544. The van der Waals surface area contributed by atoms with Crippen molar-refractivity contribution in [2.24, 2.45) is 0 Å². The number of anilines is 1. The summed E-state index contributed by atoms with van der Waals surface area (Å²) in [5.41, 5.74) is 3.00. The number of carbonyl (C=O) groups is 1. The van der Waals surface area contributed by atoms with Gasteiger partial charge < -0.3 is 14.8 Å². The number of hydrogen-bond donors (Lipinski definition) is 1. The van der Waals surface area contributed by atoms with Crippen LogP contribution in [0.4, 0.5) is 10.5 Å². The molecule has 1 atom stereocenters. The minimum Gasteiger partial charge on any atom is -0.348 e. The summed E-state index contributed by atoms with van der Waals surface area (Å²) in [6.07, 6.45) is 4.09. The number of benzene rings is 1. The van der Waals surface area contributed by atoms with Gasteiger partial charge in [0.25, 0.3) is 0 Å². The van der Waals surface area contributed by atoms with Gasteiger partial charge in [0.1, 0.15) is 0 Å². The molecule has 0 bridgehead atoms. The molecule has 1 aliphatic rings. The van der Waals surface area contributed by atoms with E-state index in [1.54, 1.807) is 6.07 Å². The number of hydrogen-bond acceptors (Lipinski definition) is 1. The van der Waals surface area contributed by atoms with E-state index in [1.165, 1.54) is 5.69 Å². The Morgan fingerprint density at radius 3 is 2.96 bits per heavy atom. The van der Waals surface area contributed by atoms with Gasteiger partial charge in [-0.25, -0.2) is 4.79 Å². The molecule has 0 saturated carbocycles. The summed E-state index contributed by atoms with van der Waals surface area (Å²) in [5.74, 6) is 0. The van der Waals surface area contributed by atoms with E-state index in [4.69, 9.17) is 11.6 Å². The van der Waals surface area contributed by atoms with Crippen LogP contribution in [0.1, 0.15) is 37.1 Å². The third-order valence-electron chi connectivity index (χ3n) is 4.43. The summed E-state index contributed by atoms with van der Waals surface area (Å²) in [5, 5.41) is 3.65. The highest BCUT2D eigenvalue weighted by atomic mass is 35.5. The van der Waals surface area contributed by atoms with Crippen LogP contribution < -0.4 is 5.32 Å². The predicted molar refractivity (Wildman–Crippen MR) is 94.0 cm³/mol. The van der Waals surface area contributed by atoms with Crippen molar-refractivity contribution < 1.29 is 4.79 Å². The molecule has 4 nitrogen and oxygen atoms in total. The Labute approximate surface area is 142 Å². The molecule has 1 aromatic carbocycles. The maximum Gasteiger partial charge on any atom is 0.322 e. The second kappa shape index (κ2) is 6.67. The molecule has 1 unspecified atom stereocenters. The lowest BCUT2D eigenvalue weighted by molar-refractivity contribution is 0.163. The Balaban J connectivity index is 1.82. The maximum atomic E-state index is 12.8. The number of aryl methyl sites for hydroxylation is 1. The molecule has 5 heteroatoms. The highest BCUT2D eigenvalue weighted by Gasteiger charge is 2.30. The smallest absolute Gasteiger partial charge is 0.322 e. The topological polar surface area (TPSA) is 37.3 Å². The molecule has 2 aromatic rings. The molecule has 23 heavy (non-hydrogen) atoms. The average Bonchev–Trinajstić information content (AvgIpc) is 3.00. The van der Waals surface area contributed by atoms with Crippen LogP contribution in [0, 0.1) is 6.92 Å². The van der Waals surface area contributed by atoms with Crippen molar-refractivity contribution >= 4 is 23.3 Å². The van der Waals surface area contributed by atoms with Gasteiger partial charge in [0.05, 0.1) is 6.04 Å². The number of rotatable bonds is 3. The summed E-state index contributed by atoms with van der Waals surface area (Å²) in [4.78, 5) is 14.8. The fraction of sp³-hybridized carbons (Fsp3) is 0.389. The number of nitrogens with zero attached hydrogens (tertiary/aromatic N) is 2. The molecule has 0 aliphatic carbocycles. The van der Waals surface area contributed by atoms with E-state index in [0.29, 0.717) is 5.02 Å². The second-order valence-corrected chi connectivity index (χ2v) is 6.45. The molecular formula is C18H22ClN3O. The number of halogens is 1. The van der Waals surface area contributed by atoms with Gasteiger partial charge in [0.2, 0.25) is 0 Å². The second-order valence-electron chi connectivity index (χ2n) is 6.01. The normalized spacial score (nSPS) is 17.0. The van der Waals surface area contributed by atoms with E-state index in [-0.39, 0.29) is 12.1 Å². The number of urea groups is 1. The van der Waals surface area contributed by atoms with Gasteiger partial charge in [0.15, 0.2) is 0 Å². The molecule has 0 radical (unpaired) electrons. The summed E-state index contributed by atoms with van der Waals surface area (Å²) >= 11 is 6.05. The molecule has 122 valence electrons. The molecule has 0 saturated heterocycles. The van der Waals surface area contributed by atoms with Crippen molar-refractivity contribution in [2.45, 2.75) is 39.3 Å². The average molecular weight is 332 g/mol. The Morgan fingerprint density at radius 2 is 2.17 bits per heavy atom. The third-order valence-corrected chi connectivity index (χ3v) is 4.66. The lowest BCUT2D eigenvalue weighted by Gasteiger charge is -2.37. The van der Waals surface area contributed by atoms with Crippen molar-refractivity contribution in [2.75, 3.05) is 11.9 Å². The molecular weight excluding hydrogens is 310 g/mol. The molecule has 2 heterocycles. The van der Waals surface area contributed by atoms with Gasteiger partial charge in [-0.05, 0) is 43.2 Å². The van der Waals surface area contributed by atoms with Crippen LogP contribution in [0.5, 0.6) is 0 Å². The van der Waals surface area contributed by atoms with Crippen molar-refractivity contribution in [3.05, 3.63) is 52.8 Å². The standard InChI is InChI=1S/C18H22ClN3O/c1-3-5-17-16-6-4-9-21(16)10-11-22(17)18(23)20-15-12-14(19)8-7-13(15)2/h4,6-9,12,17H,3,5,10-11H2,1-2H3,(H,20,23). The molecule has 0 spiro atoms. The zero-order valence-corrected chi connectivity index (χ0v) is 14.3. The highest BCUT2D eigenvalue weighted by molar-refractivity contribution is 6.31. The Hall–Kier alpha value is -1.94. The Morgan fingerprint density at radius 1 is 1.35 bits per heavy atom. The number of carbonyl (C=O) groups excluding carboxylic acids is 1. The molecule has 2 amide bonds. The van der Waals surface area contributed by atoms with E-state index in [1.807, 2.05) is 24.0 Å². The third kappa shape index (κ3) is 3.22. The molecule has 3 rings (SSSR count). The molecule has 1 aliphatic heterocycles. The lowest BCUT2D eigenvalue weighted by atomic mass is 10.0. The van der Waals surface area contributed by atoms with Gasteiger partial charge in [-0.1, -0.05) is 31.0 Å². The zero-order valence-electron chi connectivity index (χ0n) is 13.6. The van der Waals surface area contributed by atoms with Crippen molar-refractivity contribution in [3.63, 3.8) is 0 Å². The van der Waals surface area contributed by atoms with Crippen LogP contribution >= 0.6 is 11.6 Å². The van der Waals surface area contributed by atoms with E-state index in [0.717, 1.165) is 37.2 Å². The first-order valence-corrected chi connectivity index (χ1v) is 8.46. The largest absolute Gasteiger partial charge is 0.348 e. The molecule has 1 N–H and O–H groups in total. The van der Waals surface area contributed by atoms with Gasteiger partial charge >= 0.3 is 6.03 Å². The summed E-state index contributed by atoms with van der Waals surface area (Å²) < 4.78 is 2.24. The quantitative estimate of drug-likeness (QED) is 0.858. The first-order chi connectivity index (χ1) is 11.1. The van der Waals surface area contributed by atoms with Crippen LogP contribution in [-0.2, 0) is 6.54 Å². The van der Waals surface area contributed by atoms with Gasteiger partial charge in [-0.2, -0.15) is 0 Å². The van der Waals surface area contributed by atoms with Crippen LogP contribution in [0.3, 0.4) is 0 Å². The molecule has 0 fully saturated rings. The monoisotopic (exact) mass is 331 g/mol. The zero-order chi connectivity index (χ0) is 16.4. The van der Waals surface area contributed by atoms with E-state index in [2.05, 4.69) is 35.1 Å². The Kier molecular flexibility index (Phi) is 4.62.